The van der Waals surface area contributed by atoms with E-state index in [1.165, 1.54) is 0 Å². The van der Waals surface area contributed by atoms with Gasteiger partial charge in [0.05, 0.1) is 12.0 Å². The summed E-state index contributed by atoms with van der Waals surface area (Å²) >= 11 is 0. The van der Waals surface area contributed by atoms with E-state index in [1.54, 1.807) is 13.8 Å². The molecule has 2 aliphatic carbocycles. The Morgan fingerprint density at radius 2 is 1.59 bits per heavy atom. The number of hydrogen-bond donors (Lipinski definition) is 3. The van der Waals surface area contributed by atoms with Crippen molar-refractivity contribution in [1.82, 2.24) is 10.6 Å². The number of carboxylic acids is 1. The summed E-state index contributed by atoms with van der Waals surface area (Å²) in [6.07, 6.45) is 0.752. The number of carboxylic acid groups (broad SMARTS) is 1. The maximum Gasteiger partial charge on any atom is 0.407 e. The second-order valence-corrected chi connectivity index (χ2v) is 9.41. The topological polar surface area (TPSA) is 105 Å². The van der Waals surface area contributed by atoms with Gasteiger partial charge in [-0.1, -0.05) is 48.5 Å². The van der Waals surface area contributed by atoms with E-state index < -0.39 is 23.1 Å². The lowest BCUT2D eigenvalue weighted by Gasteiger charge is -2.26. The van der Waals surface area contributed by atoms with Crippen LogP contribution in [0, 0.1) is 0 Å². The summed E-state index contributed by atoms with van der Waals surface area (Å²) in [6, 6.07) is 16.3. The fraction of sp³-hybridized carbons (Fsp3) is 0.400. The molecule has 0 spiro atoms. The van der Waals surface area contributed by atoms with Crippen molar-refractivity contribution in [2.45, 2.75) is 56.5 Å². The number of amides is 2. The molecule has 168 valence electrons. The predicted molar refractivity (Wildman–Crippen MR) is 119 cm³/mol. The molecule has 7 heteroatoms. The quantitative estimate of drug-likeness (QED) is 0.584. The largest absolute Gasteiger partial charge is 0.481 e. The summed E-state index contributed by atoms with van der Waals surface area (Å²) in [5, 5.41) is 14.6. The molecule has 1 saturated carbocycles. The molecule has 0 atom stereocenters. The molecule has 0 bridgehead atoms. The van der Waals surface area contributed by atoms with Gasteiger partial charge in [-0.05, 0) is 48.9 Å². The molecule has 32 heavy (non-hydrogen) atoms. The Morgan fingerprint density at radius 3 is 2.12 bits per heavy atom. The second-order valence-electron chi connectivity index (χ2n) is 9.41. The van der Waals surface area contributed by atoms with Crippen molar-refractivity contribution in [3.63, 3.8) is 0 Å². The van der Waals surface area contributed by atoms with E-state index in [0.717, 1.165) is 22.3 Å². The van der Waals surface area contributed by atoms with Crippen LogP contribution in [0.1, 0.15) is 56.6 Å². The maximum atomic E-state index is 12.5. The normalized spacial score (nSPS) is 15.9. The van der Waals surface area contributed by atoms with Crippen LogP contribution >= 0.6 is 0 Å². The monoisotopic (exact) mass is 436 g/mol. The average Bonchev–Trinajstić information content (AvgIpc) is 3.37. The highest BCUT2D eigenvalue weighted by molar-refractivity contribution is 5.81. The van der Waals surface area contributed by atoms with Crippen LogP contribution in [0.25, 0.3) is 11.1 Å². The van der Waals surface area contributed by atoms with Crippen LogP contribution in [0.5, 0.6) is 0 Å². The van der Waals surface area contributed by atoms with Crippen LogP contribution in [0.2, 0.25) is 0 Å². The smallest absolute Gasteiger partial charge is 0.407 e. The zero-order chi connectivity index (χ0) is 22.9. The summed E-state index contributed by atoms with van der Waals surface area (Å²) in [6.45, 7) is 3.54. The molecular weight excluding hydrogens is 408 g/mol. The van der Waals surface area contributed by atoms with E-state index in [0.29, 0.717) is 12.8 Å². The molecule has 2 aliphatic rings. The third kappa shape index (κ3) is 4.77. The van der Waals surface area contributed by atoms with Crippen molar-refractivity contribution in [2.24, 2.45) is 0 Å². The molecule has 4 rings (SSSR count). The minimum Gasteiger partial charge on any atom is -0.481 e. The minimum atomic E-state index is -0.979. The van der Waals surface area contributed by atoms with Crippen LogP contribution in [0.4, 0.5) is 4.79 Å². The van der Waals surface area contributed by atoms with Gasteiger partial charge in [0.25, 0.3) is 0 Å². The number of nitrogens with one attached hydrogen (secondary N) is 2. The van der Waals surface area contributed by atoms with E-state index >= 15 is 0 Å². The molecule has 0 aromatic heterocycles. The fourth-order valence-corrected chi connectivity index (χ4v) is 4.50. The van der Waals surface area contributed by atoms with Gasteiger partial charge in [0.1, 0.15) is 6.61 Å². The Balaban J connectivity index is 1.34. The van der Waals surface area contributed by atoms with E-state index in [1.807, 2.05) is 24.3 Å². The number of hydrogen-bond acceptors (Lipinski definition) is 4. The summed E-state index contributed by atoms with van der Waals surface area (Å²) in [7, 11) is 0. The van der Waals surface area contributed by atoms with Gasteiger partial charge in [-0.15, -0.1) is 0 Å². The number of ether oxygens (including phenoxy) is 1. The first-order chi connectivity index (χ1) is 15.2. The number of rotatable bonds is 8. The Bertz CT molecular complexity index is 1010. The maximum absolute atomic E-state index is 12.5. The molecule has 0 heterocycles. The first kappa shape index (κ1) is 21.9. The van der Waals surface area contributed by atoms with Crippen molar-refractivity contribution < 1.29 is 24.2 Å². The number of alkyl carbamates (subject to hydrolysis) is 1. The Kier molecular flexibility index (Phi) is 5.67. The lowest BCUT2D eigenvalue weighted by atomic mass is 9.98. The Morgan fingerprint density at radius 1 is 1.03 bits per heavy atom. The highest BCUT2D eigenvalue weighted by atomic mass is 16.5. The molecule has 1 fully saturated rings. The third-order valence-electron chi connectivity index (χ3n) is 6.13. The molecule has 7 nitrogen and oxygen atoms in total. The van der Waals surface area contributed by atoms with Crippen molar-refractivity contribution in [3.8, 4) is 11.1 Å². The second kappa shape index (κ2) is 8.30. The molecular formula is C25H28N2O5. The van der Waals surface area contributed by atoms with Gasteiger partial charge in [-0.3, -0.25) is 9.59 Å². The molecule has 0 saturated heterocycles. The fourth-order valence-electron chi connectivity index (χ4n) is 4.50. The number of carbonyl (C=O) groups excluding carboxylic acids is 2. The minimum absolute atomic E-state index is 0.0246. The standard InChI is InChI=1S/C25H28N2O5/c1-24(2,14-22(29)30)26-21(28)13-25(11-12-25)27-23(31)32-15-20-18-9-5-3-7-16(18)17-8-4-6-10-19(17)20/h3-10,20H,11-15H2,1-2H3,(H,26,28)(H,27,31)(H,29,30). The van der Waals surface area contributed by atoms with Crippen LogP contribution in [-0.4, -0.2) is 40.8 Å². The number of aliphatic carboxylic acids is 1. The summed E-state index contributed by atoms with van der Waals surface area (Å²) in [5.41, 5.74) is 3.13. The summed E-state index contributed by atoms with van der Waals surface area (Å²) < 4.78 is 5.59. The van der Waals surface area contributed by atoms with Crippen LogP contribution in [0.3, 0.4) is 0 Å². The molecule has 2 amide bonds. The molecule has 0 unspecified atom stereocenters. The first-order valence-corrected chi connectivity index (χ1v) is 10.8. The molecule has 3 N–H and O–H groups in total. The van der Waals surface area contributed by atoms with Crippen molar-refractivity contribution >= 4 is 18.0 Å². The van der Waals surface area contributed by atoms with E-state index in [4.69, 9.17) is 9.84 Å². The van der Waals surface area contributed by atoms with Crippen molar-refractivity contribution in [3.05, 3.63) is 59.7 Å². The Hall–Kier alpha value is -3.35. The van der Waals surface area contributed by atoms with Gasteiger partial charge >= 0.3 is 12.1 Å². The molecule has 0 radical (unpaired) electrons. The molecule has 2 aromatic rings. The Labute approximate surface area is 187 Å². The zero-order valence-electron chi connectivity index (χ0n) is 18.3. The lowest BCUT2D eigenvalue weighted by Crippen LogP contribution is -2.48. The van der Waals surface area contributed by atoms with Crippen molar-refractivity contribution in [1.29, 1.82) is 0 Å². The first-order valence-electron chi connectivity index (χ1n) is 10.8. The number of fused-ring (bicyclic) bond motifs is 3. The number of benzene rings is 2. The zero-order valence-corrected chi connectivity index (χ0v) is 18.3. The summed E-state index contributed by atoms with van der Waals surface area (Å²) in [5.74, 6) is -1.29. The summed E-state index contributed by atoms with van der Waals surface area (Å²) in [4.78, 5) is 35.9. The van der Waals surface area contributed by atoms with Gasteiger partial charge in [0.15, 0.2) is 0 Å². The van der Waals surface area contributed by atoms with Gasteiger partial charge in [0, 0.05) is 17.9 Å². The third-order valence-corrected chi connectivity index (χ3v) is 6.13. The van der Waals surface area contributed by atoms with E-state index in [9.17, 15) is 14.4 Å². The van der Waals surface area contributed by atoms with Gasteiger partial charge < -0.3 is 20.5 Å². The van der Waals surface area contributed by atoms with Crippen LogP contribution in [0.15, 0.2) is 48.5 Å². The van der Waals surface area contributed by atoms with Crippen LogP contribution in [-0.2, 0) is 14.3 Å². The highest BCUT2D eigenvalue weighted by Gasteiger charge is 2.47. The predicted octanol–water partition coefficient (Wildman–Crippen LogP) is 3.82. The van der Waals surface area contributed by atoms with Crippen molar-refractivity contribution in [2.75, 3.05) is 6.61 Å². The van der Waals surface area contributed by atoms with Gasteiger partial charge in [0.2, 0.25) is 5.91 Å². The molecule has 2 aromatic carbocycles. The van der Waals surface area contributed by atoms with Gasteiger partial charge in [-0.25, -0.2) is 4.79 Å². The lowest BCUT2D eigenvalue weighted by molar-refractivity contribution is -0.138. The van der Waals surface area contributed by atoms with E-state index in [-0.39, 0.29) is 31.3 Å². The van der Waals surface area contributed by atoms with Gasteiger partial charge in [-0.2, -0.15) is 0 Å². The number of carbonyl (C=O) groups is 3. The SMILES string of the molecule is CC(C)(CC(=O)O)NC(=O)CC1(NC(=O)OCC2c3ccccc3-c3ccccc32)CC1. The highest BCUT2D eigenvalue weighted by Crippen LogP contribution is 2.44. The van der Waals surface area contributed by atoms with E-state index in [2.05, 4.69) is 34.9 Å². The average molecular weight is 437 g/mol. The van der Waals surface area contributed by atoms with Crippen LogP contribution < -0.4 is 10.6 Å². The molecule has 0 aliphatic heterocycles.